The molecule has 2 heteroatoms. The summed E-state index contributed by atoms with van der Waals surface area (Å²) in [5, 5.41) is 9.13. The Morgan fingerprint density at radius 3 is 2.50 bits per heavy atom. The number of aliphatic hydroxyl groups is 1. The zero-order valence-corrected chi connectivity index (χ0v) is 5.22. The van der Waals surface area contributed by atoms with E-state index in [1.165, 1.54) is 0 Å². The lowest BCUT2D eigenvalue weighted by Gasteiger charge is -2.21. The fourth-order valence-corrected chi connectivity index (χ4v) is 1.17. The first-order chi connectivity index (χ1) is 3.63. The molecule has 3 N–H and O–H groups in total. The van der Waals surface area contributed by atoms with Gasteiger partial charge in [-0.1, -0.05) is 0 Å². The summed E-state index contributed by atoms with van der Waals surface area (Å²) in [5.74, 6) is 0. The van der Waals surface area contributed by atoms with Gasteiger partial charge in [0.25, 0.3) is 0 Å². The van der Waals surface area contributed by atoms with Gasteiger partial charge in [0, 0.05) is 5.54 Å². The standard InChI is InChI=1S/C6H13NO/c1-6(7)4-2-3-5(6)8/h5,8H,2-4,7H2,1H3/t5-,6+/m1/s1. The van der Waals surface area contributed by atoms with Crippen LogP contribution in [0.25, 0.3) is 0 Å². The molecule has 1 rings (SSSR count). The Labute approximate surface area is 49.7 Å². The van der Waals surface area contributed by atoms with Crippen molar-refractivity contribution in [2.24, 2.45) is 5.73 Å². The van der Waals surface area contributed by atoms with E-state index in [0.29, 0.717) is 0 Å². The Bertz CT molecular complexity index is 90.5. The summed E-state index contributed by atoms with van der Waals surface area (Å²) < 4.78 is 0. The van der Waals surface area contributed by atoms with Gasteiger partial charge in [0.1, 0.15) is 0 Å². The van der Waals surface area contributed by atoms with Crippen molar-refractivity contribution < 1.29 is 5.11 Å². The number of aliphatic hydroxyl groups excluding tert-OH is 1. The van der Waals surface area contributed by atoms with Gasteiger partial charge in [-0.15, -0.1) is 0 Å². The largest absolute Gasteiger partial charge is 0.391 e. The highest BCUT2D eigenvalue weighted by atomic mass is 16.3. The average molecular weight is 115 g/mol. The van der Waals surface area contributed by atoms with E-state index in [2.05, 4.69) is 0 Å². The molecule has 0 aromatic carbocycles. The van der Waals surface area contributed by atoms with Gasteiger partial charge in [0.15, 0.2) is 0 Å². The lowest BCUT2D eigenvalue weighted by Crippen LogP contribution is -2.43. The van der Waals surface area contributed by atoms with Crippen molar-refractivity contribution in [3.8, 4) is 0 Å². The van der Waals surface area contributed by atoms with Crippen LogP contribution in [0.5, 0.6) is 0 Å². The van der Waals surface area contributed by atoms with Crippen LogP contribution in [0.2, 0.25) is 0 Å². The molecule has 0 unspecified atom stereocenters. The van der Waals surface area contributed by atoms with Gasteiger partial charge >= 0.3 is 0 Å². The molecule has 0 amide bonds. The normalized spacial score (nSPS) is 47.6. The highest BCUT2D eigenvalue weighted by molar-refractivity contribution is 4.92. The smallest absolute Gasteiger partial charge is 0.0716 e. The molecule has 0 bridgehead atoms. The summed E-state index contributed by atoms with van der Waals surface area (Å²) in [7, 11) is 0. The minimum absolute atomic E-state index is 0.262. The molecule has 0 radical (unpaired) electrons. The molecule has 1 fully saturated rings. The van der Waals surface area contributed by atoms with Crippen LogP contribution in [-0.2, 0) is 0 Å². The number of rotatable bonds is 0. The van der Waals surface area contributed by atoms with E-state index < -0.39 is 0 Å². The predicted molar refractivity (Wildman–Crippen MR) is 32.5 cm³/mol. The van der Waals surface area contributed by atoms with Crippen LogP contribution in [0, 0.1) is 0 Å². The van der Waals surface area contributed by atoms with Gasteiger partial charge in [0.05, 0.1) is 6.10 Å². The molecular weight excluding hydrogens is 102 g/mol. The first-order valence-corrected chi connectivity index (χ1v) is 3.10. The highest BCUT2D eigenvalue weighted by Gasteiger charge is 2.32. The monoisotopic (exact) mass is 115 g/mol. The SMILES string of the molecule is C[C@]1(N)CCC[C@H]1O. The molecule has 0 aromatic heterocycles. The van der Waals surface area contributed by atoms with Crippen molar-refractivity contribution in [3.63, 3.8) is 0 Å². The fraction of sp³-hybridized carbons (Fsp3) is 1.00. The Hall–Kier alpha value is -0.0800. The lowest BCUT2D eigenvalue weighted by molar-refractivity contribution is 0.120. The van der Waals surface area contributed by atoms with Crippen LogP contribution >= 0.6 is 0 Å². The maximum atomic E-state index is 9.13. The van der Waals surface area contributed by atoms with E-state index in [-0.39, 0.29) is 11.6 Å². The van der Waals surface area contributed by atoms with Crippen LogP contribution in [0.3, 0.4) is 0 Å². The van der Waals surface area contributed by atoms with E-state index in [9.17, 15) is 0 Å². The van der Waals surface area contributed by atoms with Crippen molar-refractivity contribution >= 4 is 0 Å². The van der Waals surface area contributed by atoms with Crippen LogP contribution in [0.4, 0.5) is 0 Å². The van der Waals surface area contributed by atoms with Crippen LogP contribution < -0.4 is 5.73 Å². The lowest BCUT2D eigenvalue weighted by atomic mass is 10.0. The molecule has 0 heterocycles. The van der Waals surface area contributed by atoms with Crippen molar-refractivity contribution in [2.45, 2.75) is 37.8 Å². The molecule has 2 nitrogen and oxygen atoms in total. The summed E-state index contributed by atoms with van der Waals surface area (Å²) in [4.78, 5) is 0. The second kappa shape index (κ2) is 1.71. The highest BCUT2D eigenvalue weighted by Crippen LogP contribution is 2.26. The topological polar surface area (TPSA) is 46.2 Å². The van der Waals surface area contributed by atoms with Gasteiger partial charge in [-0.2, -0.15) is 0 Å². The molecule has 48 valence electrons. The second-order valence-corrected chi connectivity index (χ2v) is 2.91. The van der Waals surface area contributed by atoms with Gasteiger partial charge in [-0.3, -0.25) is 0 Å². The molecule has 0 aliphatic heterocycles. The van der Waals surface area contributed by atoms with E-state index in [1.54, 1.807) is 0 Å². The summed E-state index contributed by atoms with van der Waals surface area (Å²) in [6, 6.07) is 0. The minimum Gasteiger partial charge on any atom is -0.391 e. The van der Waals surface area contributed by atoms with E-state index in [4.69, 9.17) is 10.8 Å². The Balaban J connectivity index is 2.54. The van der Waals surface area contributed by atoms with Gasteiger partial charge < -0.3 is 10.8 Å². The molecule has 2 atom stereocenters. The molecule has 0 saturated heterocycles. The predicted octanol–water partition coefficient (Wildman–Crippen LogP) is 0.249. The third-order valence-corrected chi connectivity index (χ3v) is 1.95. The van der Waals surface area contributed by atoms with Gasteiger partial charge in [0.2, 0.25) is 0 Å². The van der Waals surface area contributed by atoms with E-state index in [0.717, 1.165) is 19.3 Å². The van der Waals surface area contributed by atoms with Crippen molar-refractivity contribution in [3.05, 3.63) is 0 Å². The Morgan fingerprint density at radius 2 is 2.38 bits per heavy atom. The number of hydrogen-bond acceptors (Lipinski definition) is 2. The molecule has 1 aliphatic carbocycles. The molecule has 1 aliphatic rings. The maximum Gasteiger partial charge on any atom is 0.0716 e. The molecular formula is C6H13NO. The summed E-state index contributed by atoms with van der Waals surface area (Å²) in [5.41, 5.74) is 5.38. The average Bonchev–Trinajstić information content (AvgIpc) is 1.86. The number of nitrogens with two attached hydrogens (primary N) is 1. The van der Waals surface area contributed by atoms with Crippen LogP contribution in [0.1, 0.15) is 26.2 Å². The Morgan fingerprint density at radius 1 is 1.75 bits per heavy atom. The van der Waals surface area contributed by atoms with E-state index in [1.807, 2.05) is 6.92 Å². The summed E-state index contributed by atoms with van der Waals surface area (Å²) in [6.45, 7) is 1.91. The van der Waals surface area contributed by atoms with Gasteiger partial charge in [-0.05, 0) is 26.2 Å². The Kier molecular flexibility index (Phi) is 1.29. The zero-order valence-electron chi connectivity index (χ0n) is 5.22. The van der Waals surface area contributed by atoms with Crippen molar-refractivity contribution in [1.29, 1.82) is 0 Å². The van der Waals surface area contributed by atoms with Crippen LogP contribution in [0.15, 0.2) is 0 Å². The zero-order chi connectivity index (χ0) is 6.20. The molecule has 0 spiro atoms. The van der Waals surface area contributed by atoms with Crippen molar-refractivity contribution in [1.82, 2.24) is 0 Å². The quantitative estimate of drug-likeness (QED) is 0.475. The third kappa shape index (κ3) is 0.858. The summed E-state index contributed by atoms with van der Waals surface area (Å²) >= 11 is 0. The van der Waals surface area contributed by atoms with Crippen LogP contribution in [-0.4, -0.2) is 16.7 Å². The second-order valence-electron chi connectivity index (χ2n) is 2.91. The number of hydrogen-bond donors (Lipinski definition) is 2. The van der Waals surface area contributed by atoms with E-state index >= 15 is 0 Å². The minimum atomic E-state index is -0.292. The van der Waals surface area contributed by atoms with Crippen molar-refractivity contribution in [2.75, 3.05) is 0 Å². The maximum absolute atomic E-state index is 9.13. The summed E-state index contributed by atoms with van der Waals surface area (Å²) in [6.07, 6.45) is 2.66. The first kappa shape index (κ1) is 6.05. The third-order valence-electron chi connectivity index (χ3n) is 1.95. The fourth-order valence-electron chi connectivity index (χ4n) is 1.17. The first-order valence-electron chi connectivity index (χ1n) is 3.10. The molecule has 1 saturated carbocycles. The molecule has 0 aromatic rings. The van der Waals surface area contributed by atoms with Gasteiger partial charge in [-0.25, -0.2) is 0 Å². The molecule has 8 heavy (non-hydrogen) atoms.